The van der Waals surface area contributed by atoms with Gasteiger partial charge in [-0.2, -0.15) is 0 Å². The van der Waals surface area contributed by atoms with E-state index < -0.39 is 11.9 Å². The van der Waals surface area contributed by atoms with Crippen molar-refractivity contribution in [3.05, 3.63) is 46.5 Å². The number of carboxylic acids is 2. The number of carboxylic acid groups (broad SMARTS) is 2. The number of rotatable bonds is 5. The van der Waals surface area contributed by atoms with Crippen molar-refractivity contribution in [1.29, 1.82) is 0 Å². The molecule has 7 nitrogen and oxygen atoms in total. The molecule has 0 amide bonds. The summed E-state index contributed by atoms with van der Waals surface area (Å²) in [7, 11) is 2.20. The fourth-order valence-corrected chi connectivity index (χ4v) is 4.02. The van der Waals surface area contributed by atoms with Crippen molar-refractivity contribution in [2.24, 2.45) is 0 Å². The molecule has 1 aromatic rings. The highest BCUT2D eigenvalue weighted by Gasteiger charge is 2.40. The smallest absolute Gasteiger partial charge is 0.328 e. The average Bonchev–Trinajstić information content (AvgIpc) is 2.88. The van der Waals surface area contributed by atoms with Crippen LogP contribution in [0.25, 0.3) is 0 Å². The largest absolute Gasteiger partial charge is 0.478 e. The lowest BCUT2D eigenvalue weighted by Crippen LogP contribution is -2.43. The Kier molecular flexibility index (Phi) is 8.40. The summed E-state index contributed by atoms with van der Waals surface area (Å²) < 4.78 is 6.82. The Morgan fingerprint density at radius 3 is 2.00 bits per heavy atom. The van der Waals surface area contributed by atoms with E-state index in [1.54, 1.807) is 0 Å². The van der Waals surface area contributed by atoms with Crippen LogP contribution in [0.15, 0.2) is 40.9 Å². The Morgan fingerprint density at radius 1 is 1.07 bits per heavy atom. The second kappa shape index (κ2) is 10.5. The van der Waals surface area contributed by atoms with Gasteiger partial charge in [0, 0.05) is 28.7 Å². The van der Waals surface area contributed by atoms with Crippen molar-refractivity contribution in [2.45, 2.75) is 56.7 Å². The molecule has 0 saturated carbocycles. The minimum Gasteiger partial charge on any atom is -0.478 e. The molecule has 0 spiro atoms. The summed E-state index contributed by atoms with van der Waals surface area (Å²) >= 11 is 3.42. The Hall–Kier alpha value is -2.19. The van der Waals surface area contributed by atoms with Gasteiger partial charge in [0.2, 0.25) is 0 Å². The van der Waals surface area contributed by atoms with E-state index in [1.807, 2.05) is 31.2 Å². The highest BCUT2D eigenvalue weighted by atomic mass is 79.9. The standard InChI is InChI=1S/C17H22BrNO2.C4H4O4/c1-11(12-3-5-13(18)6-4-12)17(20)21-16-9-14-7-8-15(10-16)19(14)2;5-3(6)1-2-4(7)8/h3-6,11,14-16H,7-10H2,1-2H3;1-2H,(H,5,6)(H,7,8)/b;2-1-/t11?,14-,15+,16?;. The monoisotopic (exact) mass is 467 g/mol. The number of hydrogen-bond donors (Lipinski definition) is 2. The molecule has 0 aromatic heterocycles. The molecular weight excluding hydrogens is 442 g/mol. The van der Waals surface area contributed by atoms with Crippen molar-refractivity contribution in [3.8, 4) is 0 Å². The van der Waals surface area contributed by atoms with Gasteiger partial charge >= 0.3 is 17.9 Å². The Morgan fingerprint density at radius 2 is 1.55 bits per heavy atom. The Bertz CT molecular complexity index is 733. The quantitative estimate of drug-likeness (QED) is 0.504. The maximum Gasteiger partial charge on any atom is 0.328 e. The first-order chi connectivity index (χ1) is 13.7. The van der Waals surface area contributed by atoms with Crippen LogP contribution in [0.4, 0.5) is 0 Å². The van der Waals surface area contributed by atoms with Gasteiger partial charge in [0.15, 0.2) is 0 Å². The Balaban J connectivity index is 0.000000321. The summed E-state index contributed by atoms with van der Waals surface area (Å²) in [6, 6.07) is 9.10. The molecule has 3 rings (SSSR count). The molecule has 2 bridgehead atoms. The van der Waals surface area contributed by atoms with Crippen LogP contribution in [0.5, 0.6) is 0 Å². The number of halogens is 1. The third kappa shape index (κ3) is 6.97. The van der Waals surface area contributed by atoms with E-state index in [2.05, 4.69) is 27.9 Å². The van der Waals surface area contributed by atoms with E-state index in [0.29, 0.717) is 24.2 Å². The number of piperidine rings is 1. The van der Waals surface area contributed by atoms with Crippen molar-refractivity contribution < 1.29 is 29.3 Å². The molecule has 2 N–H and O–H groups in total. The van der Waals surface area contributed by atoms with Crippen molar-refractivity contribution in [2.75, 3.05) is 7.05 Å². The molecule has 2 saturated heterocycles. The average molecular weight is 468 g/mol. The van der Waals surface area contributed by atoms with E-state index >= 15 is 0 Å². The summed E-state index contributed by atoms with van der Waals surface area (Å²) in [5.74, 6) is -2.80. The lowest BCUT2D eigenvalue weighted by Gasteiger charge is -2.36. The van der Waals surface area contributed by atoms with Gasteiger partial charge in [-0.05, 0) is 57.4 Å². The van der Waals surface area contributed by atoms with Crippen LogP contribution in [0.3, 0.4) is 0 Å². The second-order valence-electron chi connectivity index (χ2n) is 7.36. The zero-order valence-corrected chi connectivity index (χ0v) is 18.0. The molecule has 2 heterocycles. The van der Waals surface area contributed by atoms with Crippen LogP contribution in [0.1, 0.15) is 44.1 Å². The zero-order chi connectivity index (χ0) is 21.6. The highest BCUT2D eigenvalue weighted by Crippen LogP contribution is 2.36. The van der Waals surface area contributed by atoms with Gasteiger partial charge in [0.25, 0.3) is 0 Å². The van der Waals surface area contributed by atoms with E-state index in [1.165, 1.54) is 12.8 Å². The highest BCUT2D eigenvalue weighted by molar-refractivity contribution is 9.10. The van der Waals surface area contributed by atoms with Crippen LogP contribution >= 0.6 is 15.9 Å². The number of hydrogen-bond acceptors (Lipinski definition) is 5. The topological polar surface area (TPSA) is 104 Å². The van der Waals surface area contributed by atoms with Crippen LogP contribution in [0.2, 0.25) is 0 Å². The Labute approximate surface area is 178 Å². The lowest BCUT2D eigenvalue weighted by atomic mass is 9.99. The molecule has 1 aromatic carbocycles. The third-order valence-electron chi connectivity index (χ3n) is 5.43. The molecule has 2 aliphatic heterocycles. The molecule has 0 radical (unpaired) electrons. The maximum atomic E-state index is 12.4. The number of carbonyl (C=O) groups is 3. The summed E-state index contributed by atoms with van der Waals surface area (Å²) in [6.07, 6.45) is 5.70. The molecule has 2 aliphatic rings. The third-order valence-corrected chi connectivity index (χ3v) is 5.96. The number of esters is 1. The molecule has 158 valence electrons. The number of aliphatic carboxylic acids is 2. The normalized spacial score (nSPS) is 24.4. The fraction of sp³-hybridized carbons (Fsp3) is 0.476. The van der Waals surface area contributed by atoms with Gasteiger partial charge in [-0.1, -0.05) is 28.1 Å². The zero-order valence-electron chi connectivity index (χ0n) is 16.5. The molecule has 2 fully saturated rings. The summed E-state index contributed by atoms with van der Waals surface area (Å²) in [4.78, 5) is 33.9. The first-order valence-corrected chi connectivity index (χ1v) is 10.3. The van der Waals surface area contributed by atoms with Crippen LogP contribution in [0, 0.1) is 0 Å². The number of fused-ring (bicyclic) bond motifs is 2. The van der Waals surface area contributed by atoms with Gasteiger partial charge in [0.1, 0.15) is 6.10 Å². The predicted octanol–water partition coefficient (Wildman–Crippen LogP) is 3.43. The van der Waals surface area contributed by atoms with Crippen molar-refractivity contribution in [3.63, 3.8) is 0 Å². The van der Waals surface area contributed by atoms with Crippen molar-refractivity contribution in [1.82, 2.24) is 4.90 Å². The van der Waals surface area contributed by atoms with Gasteiger partial charge in [-0.15, -0.1) is 0 Å². The number of carbonyl (C=O) groups excluding carboxylic acids is 1. The summed E-state index contributed by atoms with van der Waals surface area (Å²) in [5.41, 5.74) is 1.01. The minimum atomic E-state index is -1.26. The van der Waals surface area contributed by atoms with Crippen LogP contribution in [-0.4, -0.2) is 58.3 Å². The molecule has 4 atom stereocenters. The maximum absolute atomic E-state index is 12.4. The SMILES string of the molecule is CC(C(=O)OC1C[C@H]2CC[C@@H](C1)N2C)c1ccc(Br)cc1.O=C(O)/C=C\C(=O)O. The number of benzene rings is 1. The molecule has 29 heavy (non-hydrogen) atoms. The number of ether oxygens (including phenoxy) is 1. The summed E-state index contributed by atoms with van der Waals surface area (Å²) in [5, 5.41) is 15.6. The first kappa shape index (κ1) is 23.1. The van der Waals surface area contributed by atoms with Gasteiger partial charge in [-0.3, -0.25) is 4.79 Å². The second-order valence-corrected chi connectivity index (χ2v) is 8.28. The lowest BCUT2D eigenvalue weighted by molar-refractivity contribution is -0.153. The van der Waals surface area contributed by atoms with E-state index in [9.17, 15) is 14.4 Å². The van der Waals surface area contributed by atoms with Gasteiger partial charge in [0.05, 0.1) is 5.92 Å². The van der Waals surface area contributed by atoms with E-state index in [4.69, 9.17) is 14.9 Å². The predicted molar refractivity (Wildman–Crippen MR) is 111 cm³/mol. The van der Waals surface area contributed by atoms with Crippen LogP contribution in [-0.2, 0) is 19.1 Å². The van der Waals surface area contributed by atoms with Crippen LogP contribution < -0.4 is 0 Å². The molecule has 2 unspecified atom stereocenters. The molecule has 8 heteroatoms. The van der Waals surface area contributed by atoms with Gasteiger partial charge in [-0.25, -0.2) is 9.59 Å². The van der Waals surface area contributed by atoms with Gasteiger partial charge < -0.3 is 19.8 Å². The number of nitrogens with zero attached hydrogens (tertiary/aromatic N) is 1. The van der Waals surface area contributed by atoms with Crippen molar-refractivity contribution >= 4 is 33.8 Å². The molecule has 0 aliphatic carbocycles. The first-order valence-electron chi connectivity index (χ1n) is 9.49. The minimum absolute atomic E-state index is 0.0914. The van der Waals surface area contributed by atoms with E-state index in [0.717, 1.165) is 22.9 Å². The summed E-state index contributed by atoms with van der Waals surface area (Å²) in [6.45, 7) is 1.93. The molecular formula is C21H26BrNO6. The fourth-order valence-electron chi connectivity index (χ4n) is 3.75. The van der Waals surface area contributed by atoms with E-state index in [-0.39, 0.29) is 18.0 Å².